The molecule has 0 aromatic heterocycles. The van der Waals surface area contributed by atoms with Gasteiger partial charge >= 0.3 is 0 Å². The van der Waals surface area contributed by atoms with Crippen LogP contribution in [-0.4, -0.2) is 7.11 Å². The van der Waals surface area contributed by atoms with Crippen molar-refractivity contribution in [3.05, 3.63) is 88.7 Å². The van der Waals surface area contributed by atoms with Gasteiger partial charge in [-0.2, -0.15) is 0 Å². The van der Waals surface area contributed by atoms with Crippen molar-refractivity contribution in [2.45, 2.75) is 27.0 Å². The molecule has 0 unspecified atom stereocenters. The van der Waals surface area contributed by atoms with Gasteiger partial charge in [-0.05, 0) is 54.8 Å². The van der Waals surface area contributed by atoms with Crippen molar-refractivity contribution in [3.8, 4) is 11.5 Å². The summed E-state index contributed by atoms with van der Waals surface area (Å²) in [5.74, 6) is 0.952. The molecule has 3 nitrogen and oxygen atoms in total. The molecule has 0 spiro atoms. The van der Waals surface area contributed by atoms with Crippen molar-refractivity contribution in [2.24, 2.45) is 0 Å². The van der Waals surface area contributed by atoms with Crippen LogP contribution in [0, 0.1) is 19.7 Å². The fourth-order valence-corrected chi connectivity index (χ4v) is 2.85. The van der Waals surface area contributed by atoms with Gasteiger partial charge in [0, 0.05) is 17.8 Å². The molecule has 0 saturated heterocycles. The van der Waals surface area contributed by atoms with Crippen LogP contribution in [0.25, 0.3) is 0 Å². The first-order chi connectivity index (χ1) is 13.1. The molecule has 0 heterocycles. The molecule has 0 aliphatic heterocycles. The molecule has 27 heavy (non-hydrogen) atoms. The lowest BCUT2D eigenvalue weighted by molar-refractivity contribution is 0.279. The lowest BCUT2D eigenvalue weighted by Crippen LogP contribution is -2.03. The number of methoxy groups -OCH3 is 1. The molecule has 0 amide bonds. The van der Waals surface area contributed by atoms with Gasteiger partial charge in [0.2, 0.25) is 0 Å². The molecule has 140 valence electrons. The van der Waals surface area contributed by atoms with Crippen LogP contribution in [0.4, 0.5) is 10.1 Å². The summed E-state index contributed by atoms with van der Waals surface area (Å²) in [4.78, 5) is 0. The molecule has 0 bridgehead atoms. The zero-order valence-electron chi connectivity index (χ0n) is 15.9. The highest BCUT2D eigenvalue weighted by Crippen LogP contribution is 2.29. The first-order valence-electron chi connectivity index (χ1n) is 8.91. The zero-order valence-corrected chi connectivity index (χ0v) is 15.9. The molecule has 4 heteroatoms. The van der Waals surface area contributed by atoms with E-state index in [4.69, 9.17) is 9.47 Å². The standard InChI is InChI=1S/C23H24FNO2/c1-16-7-6-10-21(17(16)2)25-14-18-11-12-22(23(13-18)26-3)27-15-19-8-4-5-9-20(19)24/h4-13,25H,14-15H2,1-3H3. The number of aryl methyl sites for hydroxylation is 1. The largest absolute Gasteiger partial charge is 0.493 e. The fraction of sp³-hybridized carbons (Fsp3) is 0.217. The highest BCUT2D eigenvalue weighted by molar-refractivity contribution is 5.54. The molecule has 3 aromatic rings. The van der Waals surface area contributed by atoms with Gasteiger partial charge in [-0.3, -0.25) is 0 Å². The summed E-state index contributed by atoms with van der Waals surface area (Å²) < 4.78 is 25.0. The quantitative estimate of drug-likeness (QED) is 0.587. The van der Waals surface area contributed by atoms with Gasteiger partial charge in [0.05, 0.1) is 7.11 Å². The summed E-state index contributed by atoms with van der Waals surface area (Å²) in [6, 6.07) is 18.6. The van der Waals surface area contributed by atoms with E-state index in [0.717, 1.165) is 11.3 Å². The predicted octanol–water partition coefficient (Wildman–Crippen LogP) is 5.64. The second-order valence-electron chi connectivity index (χ2n) is 6.47. The van der Waals surface area contributed by atoms with Crippen molar-refractivity contribution in [2.75, 3.05) is 12.4 Å². The molecule has 0 radical (unpaired) electrons. The van der Waals surface area contributed by atoms with E-state index < -0.39 is 0 Å². The summed E-state index contributed by atoms with van der Waals surface area (Å²) in [6.45, 7) is 5.04. The van der Waals surface area contributed by atoms with Crippen molar-refractivity contribution in [1.29, 1.82) is 0 Å². The Bertz CT molecular complexity index is 924. The van der Waals surface area contributed by atoms with Gasteiger partial charge in [0.15, 0.2) is 11.5 Å². The molecule has 0 fully saturated rings. The number of anilines is 1. The Morgan fingerprint density at radius 3 is 2.52 bits per heavy atom. The Kier molecular flexibility index (Phi) is 5.97. The van der Waals surface area contributed by atoms with E-state index >= 15 is 0 Å². The average Bonchev–Trinajstić information content (AvgIpc) is 2.69. The minimum Gasteiger partial charge on any atom is -0.493 e. The van der Waals surface area contributed by atoms with Gasteiger partial charge in [-0.15, -0.1) is 0 Å². The molecule has 0 aliphatic carbocycles. The molecular weight excluding hydrogens is 341 g/mol. The average molecular weight is 365 g/mol. The van der Waals surface area contributed by atoms with Crippen LogP contribution in [0.2, 0.25) is 0 Å². The Balaban J connectivity index is 1.68. The molecule has 0 atom stereocenters. The van der Waals surface area contributed by atoms with E-state index in [0.29, 0.717) is 23.6 Å². The third-order valence-electron chi connectivity index (χ3n) is 4.66. The Morgan fingerprint density at radius 1 is 0.926 bits per heavy atom. The third-order valence-corrected chi connectivity index (χ3v) is 4.66. The molecule has 0 saturated carbocycles. The maximum atomic E-state index is 13.7. The fourth-order valence-electron chi connectivity index (χ4n) is 2.85. The zero-order chi connectivity index (χ0) is 19.2. The smallest absolute Gasteiger partial charge is 0.161 e. The Labute approximate surface area is 159 Å². The summed E-state index contributed by atoms with van der Waals surface area (Å²) in [5.41, 5.74) is 5.21. The summed E-state index contributed by atoms with van der Waals surface area (Å²) in [5, 5.41) is 3.46. The maximum Gasteiger partial charge on any atom is 0.161 e. The normalized spacial score (nSPS) is 10.5. The van der Waals surface area contributed by atoms with Crippen molar-refractivity contribution in [3.63, 3.8) is 0 Å². The van der Waals surface area contributed by atoms with Crippen molar-refractivity contribution in [1.82, 2.24) is 0 Å². The van der Waals surface area contributed by atoms with E-state index in [-0.39, 0.29) is 12.4 Å². The third kappa shape index (κ3) is 4.59. The van der Waals surface area contributed by atoms with Crippen LogP contribution < -0.4 is 14.8 Å². The maximum absolute atomic E-state index is 13.7. The van der Waals surface area contributed by atoms with E-state index in [1.54, 1.807) is 25.3 Å². The molecule has 3 aromatic carbocycles. The van der Waals surface area contributed by atoms with Gasteiger partial charge in [-0.1, -0.05) is 36.4 Å². The number of rotatable bonds is 7. The Hall–Kier alpha value is -3.01. The molecule has 3 rings (SSSR count). The highest BCUT2D eigenvalue weighted by Gasteiger charge is 2.09. The molecule has 1 N–H and O–H groups in total. The first kappa shape index (κ1) is 18.8. The van der Waals surface area contributed by atoms with Gasteiger partial charge in [0.1, 0.15) is 12.4 Å². The SMILES string of the molecule is COc1cc(CNc2cccc(C)c2C)ccc1OCc1ccccc1F. The van der Waals surface area contributed by atoms with Crippen LogP contribution in [0.5, 0.6) is 11.5 Å². The second-order valence-corrected chi connectivity index (χ2v) is 6.47. The summed E-state index contributed by atoms with van der Waals surface area (Å²) >= 11 is 0. The van der Waals surface area contributed by atoms with E-state index in [9.17, 15) is 4.39 Å². The number of nitrogens with one attached hydrogen (secondary N) is 1. The topological polar surface area (TPSA) is 30.5 Å². The Morgan fingerprint density at radius 2 is 1.74 bits per heavy atom. The van der Waals surface area contributed by atoms with E-state index in [2.05, 4.69) is 31.3 Å². The summed E-state index contributed by atoms with van der Waals surface area (Å²) in [7, 11) is 1.60. The number of hydrogen-bond acceptors (Lipinski definition) is 3. The lowest BCUT2D eigenvalue weighted by atomic mass is 10.1. The number of benzene rings is 3. The highest BCUT2D eigenvalue weighted by atomic mass is 19.1. The first-order valence-corrected chi connectivity index (χ1v) is 8.91. The van der Waals surface area contributed by atoms with Crippen LogP contribution >= 0.6 is 0 Å². The van der Waals surface area contributed by atoms with Crippen molar-refractivity contribution < 1.29 is 13.9 Å². The van der Waals surface area contributed by atoms with E-state index in [1.807, 2.05) is 24.3 Å². The van der Waals surface area contributed by atoms with Gasteiger partial charge < -0.3 is 14.8 Å². The summed E-state index contributed by atoms with van der Waals surface area (Å²) in [6.07, 6.45) is 0. The van der Waals surface area contributed by atoms with Crippen LogP contribution in [0.15, 0.2) is 60.7 Å². The minimum absolute atomic E-state index is 0.156. The van der Waals surface area contributed by atoms with Crippen LogP contribution in [0.3, 0.4) is 0 Å². The van der Waals surface area contributed by atoms with Crippen LogP contribution in [-0.2, 0) is 13.2 Å². The van der Waals surface area contributed by atoms with Gasteiger partial charge in [-0.25, -0.2) is 4.39 Å². The predicted molar refractivity (Wildman–Crippen MR) is 107 cm³/mol. The lowest BCUT2D eigenvalue weighted by Gasteiger charge is -2.14. The van der Waals surface area contributed by atoms with Gasteiger partial charge in [0.25, 0.3) is 0 Å². The number of ether oxygens (including phenoxy) is 2. The van der Waals surface area contributed by atoms with E-state index in [1.165, 1.54) is 17.2 Å². The monoisotopic (exact) mass is 365 g/mol. The number of halogens is 1. The second kappa shape index (κ2) is 8.58. The van der Waals surface area contributed by atoms with Crippen molar-refractivity contribution >= 4 is 5.69 Å². The molecular formula is C23H24FNO2. The number of hydrogen-bond donors (Lipinski definition) is 1. The van der Waals surface area contributed by atoms with Crippen LogP contribution in [0.1, 0.15) is 22.3 Å². The molecule has 0 aliphatic rings. The minimum atomic E-state index is -0.272.